The average molecular weight is 427 g/mol. The first-order valence-corrected chi connectivity index (χ1v) is 11.5. The first-order chi connectivity index (χ1) is 13.5. The highest BCUT2D eigenvalue weighted by Gasteiger charge is 2.20. The first-order valence-electron chi connectivity index (χ1n) is 9.11. The van der Waals surface area contributed by atoms with Crippen molar-refractivity contribution in [2.45, 2.75) is 17.7 Å². The van der Waals surface area contributed by atoms with Crippen molar-refractivity contribution < 1.29 is 12.9 Å². The highest BCUT2D eigenvalue weighted by atomic mass is 32.2. The fourth-order valence-corrected chi connectivity index (χ4v) is 5.09. The Labute approximate surface area is 169 Å². The third kappa shape index (κ3) is 5.53. The molecule has 11 heteroatoms. The van der Waals surface area contributed by atoms with Gasteiger partial charge in [-0.25, -0.2) is 13.1 Å². The molecular formula is C17H26N6O3S2. The van der Waals surface area contributed by atoms with Gasteiger partial charge in [-0.05, 0) is 18.4 Å². The SMILES string of the molecule is CN=C(NCCNS(=O)(=O)c1cccs1)N1CCN(Cc2cc(C)on2)CC1. The first kappa shape index (κ1) is 20.8. The highest BCUT2D eigenvalue weighted by molar-refractivity contribution is 7.91. The Morgan fingerprint density at radius 3 is 2.71 bits per heavy atom. The van der Waals surface area contributed by atoms with Crippen molar-refractivity contribution in [3.05, 3.63) is 35.0 Å². The zero-order valence-electron chi connectivity index (χ0n) is 16.1. The van der Waals surface area contributed by atoms with Gasteiger partial charge in [-0.15, -0.1) is 11.3 Å². The summed E-state index contributed by atoms with van der Waals surface area (Å²) in [7, 11) is -1.69. The van der Waals surface area contributed by atoms with Crippen LogP contribution in [0.1, 0.15) is 11.5 Å². The summed E-state index contributed by atoms with van der Waals surface area (Å²) in [6, 6.07) is 5.28. The van der Waals surface area contributed by atoms with Gasteiger partial charge in [0.05, 0.1) is 5.69 Å². The fourth-order valence-electron chi connectivity index (χ4n) is 3.02. The summed E-state index contributed by atoms with van der Waals surface area (Å²) < 4.78 is 32.3. The molecule has 1 saturated heterocycles. The normalized spacial score (nSPS) is 16.5. The smallest absolute Gasteiger partial charge is 0.250 e. The average Bonchev–Trinajstić information content (AvgIpc) is 3.35. The van der Waals surface area contributed by atoms with Crippen molar-refractivity contribution in [3.63, 3.8) is 0 Å². The molecule has 1 fully saturated rings. The van der Waals surface area contributed by atoms with Crippen molar-refractivity contribution in [1.29, 1.82) is 0 Å². The van der Waals surface area contributed by atoms with Crippen LogP contribution in [0.2, 0.25) is 0 Å². The van der Waals surface area contributed by atoms with Crippen LogP contribution in [-0.4, -0.2) is 75.7 Å². The molecule has 154 valence electrons. The van der Waals surface area contributed by atoms with Gasteiger partial charge in [-0.1, -0.05) is 11.2 Å². The molecule has 0 amide bonds. The number of aliphatic imine (C=N–C) groups is 1. The third-order valence-corrected chi connectivity index (χ3v) is 7.26. The Morgan fingerprint density at radius 1 is 1.32 bits per heavy atom. The van der Waals surface area contributed by atoms with Crippen LogP contribution in [0.5, 0.6) is 0 Å². The monoisotopic (exact) mass is 426 g/mol. The number of rotatable bonds is 7. The number of sulfonamides is 1. The zero-order chi connectivity index (χ0) is 20.0. The number of piperazine rings is 1. The molecule has 3 rings (SSSR count). The van der Waals surface area contributed by atoms with Crippen molar-refractivity contribution >= 4 is 27.3 Å². The van der Waals surface area contributed by atoms with Gasteiger partial charge in [0.15, 0.2) is 5.96 Å². The summed E-state index contributed by atoms with van der Waals surface area (Å²) in [5.74, 6) is 1.61. The minimum atomic E-state index is -3.43. The molecule has 0 bridgehead atoms. The summed E-state index contributed by atoms with van der Waals surface area (Å²) >= 11 is 1.21. The molecular weight excluding hydrogens is 400 g/mol. The van der Waals surface area contributed by atoms with E-state index in [1.165, 1.54) is 11.3 Å². The fraction of sp³-hybridized carbons (Fsp3) is 0.529. The van der Waals surface area contributed by atoms with Gasteiger partial charge < -0.3 is 14.7 Å². The Morgan fingerprint density at radius 2 is 2.11 bits per heavy atom. The van der Waals surface area contributed by atoms with Crippen molar-refractivity contribution in [1.82, 2.24) is 25.0 Å². The number of nitrogens with zero attached hydrogens (tertiary/aromatic N) is 4. The number of aromatic nitrogens is 1. The maximum Gasteiger partial charge on any atom is 0.250 e. The van der Waals surface area contributed by atoms with E-state index in [0.29, 0.717) is 17.3 Å². The van der Waals surface area contributed by atoms with Gasteiger partial charge in [0.25, 0.3) is 0 Å². The Hall–Kier alpha value is -1.95. The van der Waals surface area contributed by atoms with E-state index < -0.39 is 10.0 Å². The molecule has 28 heavy (non-hydrogen) atoms. The second kappa shape index (κ2) is 9.50. The number of thiophene rings is 1. The Bertz CT molecular complexity index is 871. The van der Waals surface area contributed by atoms with E-state index in [2.05, 4.69) is 30.0 Å². The lowest BCUT2D eigenvalue weighted by Gasteiger charge is -2.36. The van der Waals surface area contributed by atoms with Gasteiger partial charge in [0.2, 0.25) is 10.0 Å². The van der Waals surface area contributed by atoms with E-state index in [-0.39, 0.29) is 0 Å². The molecule has 0 saturated carbocycles. The summed E-state index contributed by atoms with van der Waals surface area (Å²) in [4.78, 5) is 8.83. The van der Waals surface area contributed by atoms with Gasteiger partial charge >= 0.3 is 0 Å². The molecule has 2 aromatic heterocycles. The quantitative estimate of drug-likeness (QED) is 0.382. The van der Waals surface area contributed by atoms with Gasteiger partial charge in [0.1, 0.15) is 9.97 Å². The summed E-state index contributed by atoms with van der Waals surface area (Å²) in [5.41, 5.74) is 0.950. The van der Waals surface area contributed by atoms with E-state index in [0.717, 1.165) is 50.1 Å². The van der Waals surface area contributed by atoms with Crippen molar-refractivity contribution in [2.24, 2.45) is 4.99 Å². The second-order valence-electron chi connectivity index (χ2n) is 6.50. The lowest BCUT2D eigenvalue weighted by atomic mass is 10.3. The van der Waals surface area contributed by atoms with Crippen LogP contribution < -0.4 is 10.0 Å². The molecule has 1 aliphatic rings. The van der Waals surface area contributed by atoms with Gasteiger partial charge in [0, 0.05) is 58.9 Å². The number of hydrogen-bond acceptors (Lipinski definition) is 7. The summed E-state index contributed by atoms with van der Waals surface area (Å²) in [6.07, 6.45) is 0. The standard InChI is InChI=1S/C17H26N6O3S2/c1-14-12-15(21-26-14)13-22-7-9-23(10-8-22)17(18-2)19-5-6-20-28(24,25)16-4-3-11-27-16/h3-4,11-12,20H,5-10,13H2,1-2H3,(H,18,19). The molecule has 0 spiro atoms. The van der Waals surface area contributed by atoms with Crippen molar-refractivity contribution in [3.8, 4) is 0 Å². The topological polar surface area (TPSA) is 103 Å². The van der Waals surface area contributed by atoms with Crippen LogP contribution in [0.3, 0.4) is 0 Å². The van der Waals surface area contributed by atoms with Gasteiger partial charge in [-0.3, -0.25) is 9.89 Å². The molecule has 0 unspecified atom stereocenters. The molecule has 0 atom stereocenters. The van der Waals surface area contributed by atoms with Crippen LogP contribution in [0.25, 0.3) is 0 Å². The minimum absolute atomic E-state index is 0.296. The number of nitrogens with one attached hydrogen (secondary N) is 2. The largest absolute Gasteiger partial charge is 0.361 e. The lowest BCUT2D eigenvalue weighted by Crippen LogP contribution is -2.53. The van der Waals surface area contributed by atoms with E-state index >= 15 is 0 Å². The van der Waals surface area contributed by atoms with Crippen LogP contribution in [0, 0.1) is 6.92 Å². The second-order valence-corrected chi connectivity index (χ2v) is 9.44. The maximum absolute atomic E-state index is 12.1. The molecule has 1 aliphatic heterocycles. The molecule has 9 nitrogen and oxygen atoms in total. The highest BCUT2D eigenvalue weighted by Crippen LogP contribution is 2.14. The number of guanidine groups is 1. The van der Waals surface area contributed by atoms with Crippen LogP contribution in [0.15, 0.2) is 37.3 Å². The maximum atomic E-state index is 12.1. The van der Waals surface area contributed by atoms with E-state index in [1.807, 2.05) is 13.0 Å². The van der Waals surface area contributed by atoms with Crippen LogP contribution >= 0.6 is 11.3 Å². The van der Waals surface area contributed by atoms with Crippen LogP contribution in [0.4, 0.5) is 0 Å². The number of aryl methyl sites for hydroxylation is 1. The van der Waals surface area contributed by atoms with E-state index in [1.54, 1.807) is 24.6 Å². The molecule has 0 aromatic carbocycles. The Kier molecular flexibility index (Phi) is 7.05. The predicted molar refractivity (Wildman–Crippen MR) is 109 cm³/mol. The molecule has 2 aromatic rings. The molecule has 0 radical (unpaired) electrons. The Balaban J connectivity index is 1.40. The number of hydrogen-bond donors (Lipinski definition) is 2. The molecule has 0 aliphatic carbocycles. The third-order valence-electron chi connectivity index (χ3n) is 4.41. The van der Waals surface area contributed by atoms with Crippen LogP contribution in [-0.2, 0) is 16.6 Å². The van der Waals surface area contributed by atoms with Crippen molar-refractivity contribution in [2.75, 3.05) is 46.3 Å². The summed E-state index contributed by atoms with van der Waals surface area (Å²) in [5, 5.41) is 9.03. The predicted octanol–water partition coefficient (Wildman–Crippen LogP) is 0.716. The zero-order valence-corrected chi connectivity index (χ0v) is 17.7. The van der Waals surface area contributed by atoms with E-state index in [9.17, 15) is 8.42 Å². The molecule has 3 heterocycles. The minimum Gasteiger partial charge on any atom is -0.361 e. The van der Waals surface area contributed by atoms with E-state index in [4.69, 9.17) is 4.52 Å². The molecule has 2 N–H and O–H groups in total. The van der Waals surface area contributed by atoms with Gasteiger partial charge in [-0.2, -0.15) is 0 Å². The summed E-state index contributed by atoms with van der Waals surface area (Å²) in [6.45, 7) is 6.93. The lowest BCUT2D eigenvalue weighted by molar-refractivity contribution is 0.169.